The Morgan fingerprint density at radius 3 is 2.30 bits per heavy atom. The van der Waals surface area contributed by atoms with Crippen LogP contribution in [0.2, 0.25) is 0 Å². The van der Waals surface area contributed by atoms with Gasteiger partial charge in [0.05, 0.1) is 5.56 Å². The van der Waals surface area contributed by atoms with E-state index >= 15 is 0 Å². The molecule has 0 saturated carbocycles. The minimum atomic E-state index is -0.462. The van der Waals surface area contributed by atoms with Gasteiger partial charge in [0.25, 0.3) is 5.91 Å². The van der Waals surface area contributed by atoms with E-state index in [9.17, 15) is 14.0 Å². The molecule has 33 heavy (non-hydrogen) atoms. The summed E-state index contributed by atoms with van der Waals surface area (Å²) in [7, 11) is 2.10. The van der Waals surface area contributed by atoms with E-state index in [4.69, 9.17) is 0 Å². The first-order valence-corrected chi connectivity index (χ1v) is 12.1. The number of fused-ring (bicyclic) bond motifs is 2. The number of likely N-dealkylation sites (tertiary alicyclic amines) is 1. The summed E-state index contributed by atoms with van der Waals surface area (Å²) in [4.78, 5) is 32.1. The Labute approximate surface area is 195 Å². The zero-order valence-electron chi connectivity index (χ0n) is 19.3. The maximum absolute atomic E-state index is 14.1. The van der Waals surface area contributed by atoms with Gasteiger partial charge < -0.3 is 14.7 Å². The molecular weight excluding hydrogens is 417 g/mol. The van der Waals surface area contributed by atoms with Gasteiger partial charge >= 0.3 is 0 Å². The fraction of sp³-hybridized carbons (Fsp3) is 0.481. The van der Waals surface area contributed by atoms with Gasteiger partial charge in [0.2, 0.25) is 5.91 Å². The normalized spacial score (nSPS) is 22.4. The van der Waals surface area contributed by atoms with Crippen LogP contribution in [-0.2, 0) is 10.2 Å². The molecule has 5 rings (SSSR count). The Hall–Kier alpha value is -2.73. The van der Waals surface area contributed by atoms with Gasteiger partial charge in [0, 0.05) is 45.7 Å². The van der Waals surface area contributed by atoms with E-state index < -0.39 is 5.82 Å². The van der Waals surface area contributed by atoms with Crippen LogP contribution in [0.25, 0.3) is 0 Å². The Kier molecular flexibility index (Phi) is 5.95. The quantitative estimate of drug-likeness (QED) is 0.719. The van der Waals surface area contributed by atoms with Crippen LogP contribution in [0.5, 0.6) is 0 Å². The highest BCUT2D eigenvalue weighted by Gasteiger charge is 2.46. The Balaban J connectivity index is 1.29. The minimum absolute atomic E-state index is 0.00430. The number of hydrogen-bond donors (Lipinski definition) is 0. The van der Waals surface area contributed by atoms with Crippen molar-refractivity contribution >= 4 is 11.8 Å². The van der Waals surface area contributed by atoms with Gasteiger partial charge in [0.1, 0.15) is 5.82 Å². The van der Waals surface area contributed by atoms with Crippen molar-refractivity contribution < 1.29 is 14.0 Å². The van der Waals surface area contributed by atoms with E-state index in [0.717, 1.165) is 45.4 Å². The standard InChI is InChI=1S/C27H32FN3O2/c1-29-14-16-30(17-15-29)25(32)18-20-19-27(23-8-4-2-6-21(20)23)10-12-31(13-11-27)26(33)22-7-3-5-9-24(22)28/h2-9,20H,10-19H2,1H3/t20-/m0/s1. The van der Waals surface area contributed by atoms with Gasteiger partial charge in [-0.05, 0) is 60.9 Å². The lowest BCUT2D eigenvalue weighted by Gasteiger charge is -2.40. The Morgan fingerprint density at radius 1 is 0.909 bits per heavy atom. The fourth-order valence-corrected chi connectivity index (χ4v) is 6.02. The van der Waals surface area contributed by atoms with E-state index in [1.807, 2.05) is 4.90 Å². The smallest absolute Gasteiger partial charge is 0.256 e. The van der Waals surface area contributed by atoms with Crippen LogP contribution in [0, 0.1) is 5.82 Å². The predicted octanol–water partition coefficient (Wildman–Crippen LogP) is 3.65. The molecule has 1 atom stereocenters. The number of benzene rings is 2. The van der Waals surface area contributed by atoms with Crippen molar-refractivity contribution in [2.24, 2.45) is 0 Å². The summed E-state index contributed by atoms with van der Waals surface area (Å²) in [5.41, 5.74) is 2.79. The monoisotopic (exact) mass is 449 g/mol. The topological polar surface area (TPSA) is 43.9 Å². The zero-order chi connectivity index (χ0) is 23.0. The number of carbonyl (C=O) groups excluding carboxylic acids is 2. The van der Waals surface area contributed by atoms with Crippen molar-refractivity contribution in [3.63, 3.8) is 0 Å². The summed E-state index contributed by atoms with van der Waals surface area (Å²) >= 11 is 0. The van der Waals surface area contributed by atoms with Crippen LogP contribution in [-0.4, -0.2) is 72.8 Å². The van der Waals surface area contributed by atoms with Gasteiger partial charge in [-0.3, -0.25) is 9.59 Å². The largest absolute Gasteiger partial charge is 0.340 e. The van der Waals surface area contributed by atoms with E-state index in [-0.39, 0.29) is 28.7 Å². The van der Waals surface area contributed by atoms with Crippen LogP contribution in [0.15, 0.2) is 48.5 Å². The van der Waals surface area contributed by atoms with Crippen molar-refractivity contribution in [2.45, 2.75) is 37.0 Å². The summed E-state index contributed by atoms with van der Waals surface area (Å²) in [6.45, 7) is 4.71. The second-order valence-electron chi connectivity index (χ2n) is 9.93. The van der Waals surface area contributed by atoms with Crippen LogP contribution < -0.4 is 0 Å². The fourth-order valence-electron chi connectivity index (χ4n) is 6.02. The van der Waals surface area contributed by atoms with Crippen LogP contribution in [0.1, 0.15) is 53.1 Å². The first kappa shape index (κ1) is 22.1. The van der Waals surface area contributed by atoms with Crippen molar-refractivity contribution in [1.82, 2.24) is 14.7 Å². The Morgan fingerprint density at radius 2 is 1.58 bits per heavy atom. The molecule has 3 aliphatic rings. The lowest BCUT2D eigenvalue weighted by Crippen LogP contribution is -2.47. The molecule has 6 heteroatoms. The van der Waals surface area contributed by atoms with Crippen molar-refractivity contribution in [2.75, 3.05) is 46.3 Å². The average Bonchev–Trinajstić information content (AvgIpc) is 3.13. The SMILES string of the molecule is CN1CCN(C(=O)C[C@H]2CC3(CCN(C(=O)c4ccccc4F)CC3)c3ccccc32)CC1. The number of likely N-dealkylation sites (N-methyl/N-ethyl adjacent to an activating group) is 1. The maximum atomic E-state index is 14.1. The molecular formula is C27H32FN3O2. The molecule has 2 aliphatic heterocycles. The lowest BCUT2D eigenvalue weighted by atomic mass is 9.73. The molecule has 2 saturated heterocycles. The van der Waals surface area contributed by atoms with Crippen LogP contribution >= 0.6 is 0 Å². The summed E-state index contributed by atoms with van der Waals surface area (Å²) < 4.78 is 14.1. The molecule has 0 bridgehead atoms. The lowest BCUT2D eigenvalue weighted by molar-refractivity contribution is -0.133. The van der Waals surface area contributed by atoms with E-state index in [2.05, 4.69) is 36.2 Å². The first-order valence-electron chi connectivity index (χ1n) is 12.1. The van der Waals surface area contributed by atoms with E-state index in [1.165, 1.54) is 17.2 Å². The van der Waals surface area contributed by atoms with Crippen molar-refractivity contribution in [1.29, 1.82) is 0 Å². The van der Waals surface area contributed by atoms with E-state index in [0.29, 0.717) is 19.5 Å². The molecule has 1 aliphatic carbocycles. The average molecular weight is 450 g/mol. The predicted molar refractivity (Wildman–Crippen MR) is 126 cm³/mol. The molecule has 174 valence electrons. The van der Waals surface area contributed by atoms with Crippen molar-refractivity contribution in [3.8, 4) is 0 Å². The third kappa shape index (κ3) is 4.17. The van der Waals surface area contributed by atoms with Gasteiger partial charge in [-0.25, -0.2) is 4.39 Å². The molecule has 1 spiro atoms. The van der Waals surface area contributed by atoms with Gasteiger partial charge in [-0.2, -0.15) is 0 Å². The third-order valence-corrected chi connectivity index (χ3v) is 8.00. The second-order valence-corrected chi connectivity index (χ2v) is 9.93. The van der Waals surface area contributed by atoms with Crippen LogP contribution in [0.3, 0.4) is 0 Å². The van der Waals surface area contributed by atoms with Gasteiger partial charge in [0.15, 0.2) is 0 Å². The second kappa shape index (κ2) is 8.90. The van der Waals surface area contributed by atoms with Gasteiger partial charge in [-0.15, -0.1) is 0 Å². The summed E-state index contributed by atoms with van der Waals surface area (Å²) in [5, 5.41) is 0. The summed E-state index contributed by atoms with van der Waals surface area (Å²) in [5.74, 6) is -0.207. The molecule has 0 unspecified atom stereocenters. The van der Waals surface area contributed by atoms with Crippen LogP contribution in [0.4, 0.5) is 4.39 Å². The molecule has 0 N–H and O–H groups in total. The van der Waals surface area contributed by atoms with Gasteiger partial charge in [-0.1, -0.05) is 36.4 Å². The first-order chi connectivity index (χ1) is 16.0. The molecule has 2 aromatic carbocycles. The molecule has 5 nitrogen and oxygen atoms in total. The number of hydrogen-bond acceptors (Lipinski definition) is 3. The maximum Gasteiger partial charge on any atom is 0.256 e. The summed E-state index contributed by atoms with van der Waals surface area (Å²) in [6.07, 6.45) is 3.21. The third-order valence-electron chi connectivity index (χ3n) is 8.00. The number of piperidine rings is 1. The number of piperazine rings is 1. The number of rotatable bonds is 3. The Bertz CT molecular complexity index is 1040. The molecule has 2 heterocycles. The number of amides is 2. The van der Waals surface area contributed by atoms with Crippen molar-refractivity contribution in [3.05, 3.63) is 71.0 Å². The molecule has 2 fully saturated rings. The number of nitrogens with zero attached hydrogens (tertiary/aromatic N) is 3. The number of halogens is 1. The minimum Gasteiger partial charge on any atom is -0.340 e. The highest BCUT2D eigenvalue weighted by atomic mass is 19.1. The molecule has 0 aromatic heterocycles. The molecule has 0 radical (unpaired) electrons. The molecule has 2 aromatic rings. The highest BCUT2D eigenvalue weighted by molar-refractivity contribution is 5.94. The number of carbonyl (C=O) groups is 2. The highest BCUT2D eigenvalue weighted by Crippen LogP contribution is 2.52. The zero-order valence-corrected chi connectivity index (χ0v) is 19.3. The molecule has 2 amide bonds. The summed E-state index contributed by atoms with van der Waals surface area (Å²) in [6, 6.07) is 14.8. The van der Waals surface area contributed by atoms with E-state index in [1.54, 1.807) is 23.1 Å².